The standard InChI is InChI=1S/C15H21N7/c1-20-8-11(7-18-20)14-15-13(9-21(16)10-17-15)22(19-14)12-5-3-2-4-6-12/h7-10,12,19H,2-6,16H2,1H3. The molecule has 3 heterocycles. The zero-order valence-corrected chi connectivity index (χ0v) is 12.7. The Labute approximate surface area is 129 Å². The molecule has 3 N–H and O–H groups in total. The average Bonchev–Trinajstić information content (AvgIpc) is 3.11. The van der Waals surface area contributed by atoms with Gasteiger partial charge in [0.05, 0.1) is 17.9 Å². The summed E-state index contributed by atoms with van der Waals surface area (Å²) in [6, 6.07) is 0.492. The van der Waals surface area contributed by atoms with Crippen molar-refractivity contribution in [3.05, 3.63) is 35.6 Å². The van der Waals surface area contributed by atoms with Gasteiger partial charge in [0.15, 0.2) is 0 Å². The molecule has 0 saturated heterocycles. The minimum Gasteiger partial charge on any atom is -0.295 e. The van der Waals surface area contributed by atoms with Crippen LogP contribution in [0.4, 0.5) is 0 Å². The van der Waals surface area contributed by atoms with Crippen molar-refractivity contribution in [2.75, 3.05) is 0 Å². The summed E-state index contributed by atoms with van der Waals surface area (Å²) in [5.41, 5.74) is 7.60. The molecular weight excluding hydrogens is 278 g/mol. The third kappa shape index (κ3) is 2.18. The van der Waals surface area contributed by atoms with Gasteiger partial charge in [-0.1, -0.05) is 19.3 Å². The Kier molecular flexibility index (Phi) is 3.15. The lowest BCUT2D eigenvalue weighted by molar-refractivity contribution is 0.177. The van der Waals surface area contributed by atoms with E-state index in [1.165, 1.54) is 37.1 Å². The molecule has 0 bridgehead atoms. The lowest BCUT2D eigenvalue weighted by Gasteiger charge is -2.34. The van der Waals surface area contributed by atoms with E-state index in [0.29, 0.717) is 6.04 Å². The molecule has 2 aliphatic heterocycles. The third-order valence-electron chi connectivity index (χ3n) is 4.50. The van der Waals surface area contributed by atoms with E-state index in [-0.39, 0.29) is 0 Å². The van der Waals surface area contributed by atoms with E-state index in [9.17, 15) is 0 Å². The zero-order chi connectivity index (χ0) is 15.1. The predicted molar refractivity (Wildman–Crippen MR) is 84.6 cm³/mol. The minimum absolute atomic E-state index is 0.492. The molecule has 7 nitrogen and oxygen atoms in total. The summed E-state index contributed by atoms with van der Waals surface area (Å²) < 4.78 is 1.80. The molecule has 0 spiro atoms. The van der Waals surface area contributed by atoms with Crippen molar-refractivity contribution < 1.29 is 0 Å². The largest absolute Gasteiger partial charge is 0.295 e. The molecule has 0 atom stereocenters. The summed E-state index contributed by atoms with van der Waals surface area (Å²) in [7, 11) is 1.92. The third-order valence-corrected chi connectivity index (χ3v) is 4.50. The fourth-order valence-corrected chi connectivity index (χ4v) is 3.41. The molecule has 1 aromatic heterocycles. The van der Waals surface area contributed by atoms with Crippen molar-refractivity contribution in [3.63, 3.8) is 0 Å². The number of aromatic nitrogens is 2. The first-order valence-corrected chi connectivity index (χ1v) is 7.81. The zero-order valence-electron chi connectivity index (χ0n) is 12.7. The van der Waals surface area contributed by atoms with Crippen molar-refractivity contribution in [1.82, 2.24) is 25.2 Å². The number of fused-ring (bicyclic) bond motifs is 1. The highest BCUT2D eigenvalue weighted by Gasteiger charge is 2.34. The van der Waals surface area contributed by atoms with Crippen LogP contribution < -0.4 is 11.3 Å². The molecule has 1 saturated carbocycles. The molecule has 1 fully saturated rings. The van der Waals surface area contributed by atoms with Crippen LogP contribution in [0.15, 0.2) is 35.0 Å². The average molecular weight is 299 g/mol. The van der Waals surface area contributed by atoms with Crippen molar-refractivity contribution in [1.29, 1.82) is 0 Å². The van der Waals surface area contributed by atoms with Gasteiger partial charge in [0, 0.05) is 25.0 Å². The van der Waals surface area contributed by atoms with E-state index >= 15 is 0 Å². The van der Waals surface area contributed by atoms with Gasteiger partial charge in [0.1, 0.15) is 17.7 Å². The molecule has 7 heteroatoms. The van der Waals surface area contributed by atoms with Gasteiger partial charge >= 0.3 is 0 Å². The summed E-state index contributed by atoms with van der Waals surface area (Å²) in [4.78, 5) is 4.53. The van der Waals surface area contributed by atoms with E-state index < -0.39 is 0 Å². The number of nitrogens with two attached hydrogens (primary N) is 1. The van der Waals surface area contributed by atoms with Crippen LogP contribution in [0.2, 0.25) is 0 Å². The number of hydrogen-bond donors (Lipinski definition) is 2. The van der Waals surface area contributed by atoms with E-state index in [1.807, 2.05) is 25.6 Å². The molecule has 0 radical (unpaired) electrons. The highest BCUT2D eigenvalue weighted by atomic mass is 15.6. The second kappa shape index (κ2) is 5.17. The second-order valence-electron chi connectivity index (χ2n) is 6.11. The van der Waals surface area contributed by atoms with Crippen LogP contribution in [0.3, 0.4) is 0 Å². The smallest absolute Gasteiger partial charge is 0.117 e. The summed E-state index contributed by atoms with van der Waals surface area (Å²) in [5, 5.41) is 8.03. The molecule has 116 valence electrons. The van der Waals surface area contributed by atoms with E-state index in [0.717, 1.165) is 22.7 Å². The van der Waals surface area contributed by atoms with Gasteiger partial charge < -0.3 is 0 Å². The van der Waals surface area contributed by atoms with Gasteiger partial charge in [0.2, 0.25) is 0 Å². The first-order valence-electron chi connectivity index (χ1n) is 7.81. The van der Waals surface area contributed by atoms with Gasteiger partial charge in [-0.3, -0.25) is 20.1 Å². The first kappa shape index (κ1) is 13.4. The van der Waals surface area contributed by atoms with Gasteiger partial charge in [-0.15, -0.1) is 0 Å². The number of hydrogen-bond acceptors (Lipinski definition) is 6. The Morgan fingerprint density at radius 2 is 2.09 bits per heavy atom. The maximum Gasteiger partial charge on any atom is 0.117 e. The van der Waals surface area contributed by atoms with Crippen molar-refractivity contribution in [2.24, 2.45) is 17.9 Å². The van der Waals surface area contributed by atoms with E-state index in [4.69, 9.17) is 5.84 Å². The Bertz CT molecular complexity index is 663. The maximum absolute atomic E-state index is 5.88. The van der Waals surface area contributed by atoms with Crippen molar-refractivity contribution >= 4 is 12.0 Å². The lowest BCUT2D eigenvalue weighted by Crippen LogP contribution is -2.42. The molecule has 22 heavy (non-hydrogen) atoms. The maximum atomic E-state index is 5.88. The molecule has 1 aromatic rings. The SMILES string of the molecule is Cn1cc(C2=C3N=CN(N)C=C3N(C3CCCCC3)N2)cn1. The monoisotopic (exact) mass is 299 g/mol. The lowest BCUT2D eigenvalue weighted by atomic mass is 9.95. The van der Waals surface area contributed by atoms with E-state index in [2.05, 4.69) is 20.5 Å². The second-order valence-corrected chi connectivity index (χ2v) is 6.11. The number of nitrogens with one attached hydrogen (secondary N) is 1. The molecule has 1 aliphatic carbocycles. The normalized spacial score (nSPS) is 22.0. The minimum atomic E-state index is 0.492. The Morgan fingerprint density at radius 1 is 1.27 bits per heavy atom. The van der Waals surface area contributed by atoms with Crippen LogP contribution in [-0.2, 0) is 7.05 Å². The molecule has 0 aromatic carbocycles. The highest BCUT2D eigenvalue weighted by molar-refractivity contribution is 5.77. The molecule has 0 amide bonds. The highest BCUT2D eigenvalue weighted by Crippen LogP contribution is 2.37. The fourth-order valence-electron chi connectivity index (χ4n) is 3.41. The molecule has 4 rings (SSSR count). The van der Waals surface area contributed by atoms with Crippen LogP contribution in [0, 0.1) is 0 Å². The van der Waals surface area contributed by atoms with Gasteiger partial charge in [-0.05, 0) is 12.8 Å². The quantitative estimate of drug-likeness (QED) is 0.805. The first-order chi connectivity index (χ1) is 10.7. The summed E-state index contributed by atoms with van der Waals surface area (Å²) >= 11 is 0. The molecular formula is C15H21N7. The summed E-state index contributed by atoms with van der Waals surface area (Å²) in [5.74, 6) is 5.88. The summed E-state index contributed by atoms with van der Waals surface area (Å²) in [6.45, 7) is 0. The molecule has 0 unspecified atom stereocenters. The van der Waals surface area contributed by atoms with Gasteiger partial charge in [-0.25, -0.2) is 10.8 Å². The van der Waals surface area contributed by atoms with Crippen LogP contribution in [0.5, 0.6) is 0 Å². The van der Waals surface area contributed by atoms with Crippen LogP contribution in [-0.4, -0.2) is 32.2 Å². The van der Waals surface area contributed by atoms with Crippen LogP contribution in [0.25, 0.3) is 5.70 Å². The number of rotatable bonds is 2. The Balaban J connectivity index is 1.71. The Hall–Kier alpha value is -2.28. The molecule has 3 aliphatic rings. The number of nitrogens with zero attached hydrogens (tertiary/aromatic N) is 5. The van der Waals surface area contributed by atoms with E-state index in [1.54, 1.807) is 11.0 Å². The van der Waals surface area contributed by atoms with Gasteiger partial charge in [0.25, 0.3) is 0 Å². The number of aliphatic imine (C=N–C) groups is 1. The van der Waals surface area contributed by atoms with Crippen LogP contribution >= 0.6 is 0 Å². The predicted octanol–water partition coefficient (Wildman–Crippen LogP) is 1.30. The topological polar surface area (TPSA) is 74.7 Å². The fraction of sp³-hybridized carbons (Fsp3) is 0.467. The summed E-state index contributed by atoms with van der Waals surface area (Å²) in [6.07, 6.45) is 13.7. The number of hydrazine groups is 2. The number of aryl methyl sites for hydroxylation is 1. The van der Waals surface area contributed by atoms with Crippen molar-refractivity contribution in [3.8, 4) is 0 Å². The van der Waals surface area contributed by atoms with Crippen molar-refractivity contribution in [2.45, 2.75) is 38.1 Å². The van der Waals surface area contributed by atoms with Gasteiger partial charge in [-0.2, -0.15) is 5.10 Å². The van der Waals surface area contributed by atoms with Crippen LogP contribution in [0.1, 0.15) is 37.7 Å². The Morgan fingerprint density at radius 3 is 2.82 bits per heavy atom.